The van der Waals surface area contributed by atoms with E-state index >= 15 is 0 Å². The Kier molecular flexibility index (Phi) is 5.27. The third kappa shape index (κ3) is 4.57. The molecule has 0 aliphatic carbocycles. The van der Waals surface area contributed by atoms with Gasteiger partial charge in [-0.15, -0.1) is 0 Å². The van der Waals surface area contributed by atoms with Crippen LogP contribution in [-0.2, 0) is 4.79 Å². The maximum absolute atomic E-state index is 11.9. The molecule has 8 heteroatoms. The lowest BCUT2D eigenvalue weighted by atomic mass is 10.1. The van der Waals surface area contributed by atoms with E-state index in [9.17, 15) is 20.0 Å². The predicted octanol–water partition coefficient (Wildman–Crippen LogP) is 3.02. The summed E-state index contributed by atoms with van der Waals surface area (Å²) in [6.07, 6.45) is 1.12. The molecule has 0 aromatic heterocycles. The summed E-state index contributed by atoms with van der Waals surface area (Å²) in [5.41, 5.74) is 2.94. The van der Waals surface area contributed by atoms with Gasteiger partial charge >= 0.3 is 0 Å². The molecule has 0 heterocycles. The highest BCUT2D eigenvalue weighted by atomic mass is 16.6. The standard InChI is InChI=1S/C19H16N4O4/c24-17-7-8-18(23(26)27)15(10-17)11-21-22-19(25)12-20-16-6-5-13-3-1-2-4-14(13)9-16/h1-11,20,24H,12H2,(H,22,25)/b21-11-. The topological polar surface area (TPSA) is 117 Å². The lowest BCUT2D eigenvalue weighted by Gasteiger charge is -2.06. The molecule has 0 spiro atoms. The second-order valence-corrected chi connectivity index (χ2v) is 5.71. The van der Waals surface area contributed by atoms with Gasteiger partial charge in [0, 0.05) is 11.8 Å². The van der Waals surface area contributed by atoms with Crippen molar-refractivity contribution in [3.8, 4) is 5.75 Å². The van der Waals surface area contributed by atoms with Crippen molar-refractivity contribution in [2.75, 3.05) is 11.9 Å². The van der Waals surface area contributed by atoms with Crippen LogP contribution in [0.4, 0.5) is 11.4 Å². The summed E-state index contributed by atoms with van der Waals surface area (Å²) in [5, 5.41) is 29.2. The van der Waals surface area contributed by atoms with Gasteiger partial charge in [0.25, 0.3) is 11.6 Å². The number of hydrogen-bond donors (Lipinski definition) is 3. The van der Waals surface area contributed by atoms with E-state index in [1.807, 2.05) is 42.5 Å². The van der Waals surface area contributed by atoms with Crippen LogP contribution in [0.5, 0.6) is 5.75 Å². The first-order chi connectivity index (χ1) is 13.0. The van der Waals surface area contributed by atoms with Crippen molar-refractivity contribution >= 4 is 34.3 Å². The Bertz CT molecular complexity index is 1030. The average molecular weight is 364 g/mol. The second kappa shape index (κ2) is 7.96. The number of nitro groups is 1. The minimum absolute atomic E-state index is 0.0161. The van der Waals surface area contributed by atoms with Gasteiger partial charge in [-0.3, -0.25) is 14.9 Å². The molecule has 0 fully saturated rings. The summed E-state index contributed by atoms with van der Waals surface area (Å²) >= 11 is 0. The maximum Gasteiger partial charge on any atom is 0.278 e. The molecular weight excluding hydrogens is 348 g/mol. The number of amides is 1. The Morgan fingerprint density at radius 2 is 1.89 bits per heavy atom. The Labute approximate surface area is 154 Å². The van der Waals surface area contributed by atoms with Crippen LogP contribution < -0.4 is 10.7 Å². The van der Waals surface area contributed by atoms with Crippen LogP contribution in [0.15, 0.2) is 65.8 Å². The van der Waals surface area contributed by atoms with Crippen LogP contribution in [0.25, 0.3) is 10.8 Å². The van der Waals surface area contributed by atoms with Gasteiger partial charge in [-0.05, 0) is 35.0 Å². The van der Waals surface area contributed by atoms with Crippen molar-refractivity contribution in [3.63, 3.8) is 0 Å². The SMILES string of the molecule is O=C(CNc1ccc2ccccc2c1)N/N=C\c1cc(O)ccc1[N+](=O)[O-]. The molecule has 8 nitrogen and oxygen atoms in total. The smallest absolute Gasteiger partial charge is 0.278 e. The van der Waals surface area contributed by atoms with Crippen molar-refractivity contribution in [2.24, 2.45) is 5.10 Å². The fourth-order valence-corrected chi connectivity index (χ4v) is 2.51. The van der Waals surface area contributed by atoms with E-state index in [0.717, 1.165) is 22.7 Å². The normalized spacial score (nSPS) is 10.8. The summed E-state index contributed by atoms with van der Waals surface area (Å²) < 4.78 is 0. The number of phenolic OH excluding ortho intramolecular Hbond substituents is 1. The van der Waals surface area contributed by atoms with Gasteiger partial charge in [-0.1, -0.05) is 30.3 Å². The van der Waals surface area contributed by atoms with Gasteiger partial charge in [0.1, 0.15) is 5.75 Å². The molecule has 0 saturated carbocycles. The first kappa shape index (κ1) is 17.9. The Morgan fingerprint density at radius 3 is 2.67 bits per heavy atom. The number of benzene rings is 3. The van der Waals surface area contributed by atoms with Crippen LogP contribution in [0.2, 0.25) is 0 Å². The van der Waals surface area contributed by atoms with E-state index in [0.29, 0.717) is 0 Å². The van der Waals surface area contributed by atoms with Gasteiger partial charge in [0.05, 0.1) is 23.2 Å². The largest absolute Gasteiger partial charge is 0.508 e. The summed E-state index contributed by atoms with van der Waals surface area (Å²) in [7, 11) is 0. The number of hydrazone groups is 1. The Hall–Kier alpha value is -3.94. The lowest BCUT2D eigenvalue weighted by molar-refractivity contribution is -0.385. The maximum atomic E-state index is 11.9. The van der Waals surface area contributed by atoms with Gasteiger partial charge < -0.3 is 10.4 Å². The zero-order valence-corrected chi connectivity index (χ0v) is 14.1. The van der Waals surface area contributed by atoms with E-state index in [2.05, 4.69) is 15.8 Å². The highest BCUT2D eigenvalue weighted by Crippen LogP contribution is 2.21. The molecule has 0 atom stereocenters. The van der Waals surface area contributed by atoms with Crippen molar-refractivity contribution in [1.29, 1.82) is 0 Å². The Balaban J connectivity index is 1.58. The molecule has 1 amide bonds. The number of fused-ring (bicyclic) bond motifs is 1. The molecule has 0 saturated heterocycles. The number of aromatic hydroxyl groups is 1. The zero-order chi connectivity index (χ0) is 19.2. The zero-order valence-electron chi connectivity index (χ0n) is 14.1. The van der Waals surface area contributed by atoms with Crippen molar-refractivity contribution in [1.82, 2.24) is 5.43 Å². The first-order valence-corrected chi connectivity index (χ1v) is 8.05. The van der Waals surface area contributed by atoms with Crippen molar-refractivity contribution in [3.05, 3.63) is 76.3 Å². The number of anilines is 1. The molecule has 0 bridgehead atoms. The van der Waals surface area contributed by atoms with Crippen LogP contribution in [0, 0.1) is 10.1 Å². The highest BCUT2D eigenvalue weighted by Gasteiger charge is 2.12. The van der Waals surface area contributed by atoms with E-state index in [1.54, 1.807) is 0 Å². The molecule has 136 valence electrons. The number of rotatable bonds is 6. The average Bonchev–Trinajstić information content (AvgIpc) is 2.66. The molecule has 0 aliphatic heterocycles. The summed E-state index contributed by atoms with van der Waals surface area (Å²) in [6.45, 7) is -0.0161. The molecule has 0 radical (unpaired) electrons. The highest BCUT2D eigenvalue weighted by molar-refractivity contribution is 5.89. The van der Waals surface area contributed by atoms with Gasteiger partial charge in [0.2, 0.25) is 0 Å². The monoisotopic (exact) mass is 364 g/mol. The van der Waals surface area contributed by atoms with Gasteiger partial charge in [0.15, 0.2) is 0 Å². The number of phenols is 1. The second-order valence-electron chi connectivity index (χ2n) is 5.71. The summed E-state index contributed by atoms with van der Waals surface area (Å²) in [6, 6.07) is 17.2. The van der Waals surface area contributed by atoms with Crippen molar-refractivity contribution < 1.29 is 14.8 Å². The minimum atomic E-state index is -0.593. The number of nitrogens with zero attached hydrogens (tertiary/aromatic N) is 2. The number of carbonyl (C=O) groups excluding carboxylic acids is 1. The summed E-state index contributed by atoms with van der Waals surface area (Å²) in [4.78, 5) is 22.2. The van der Waals surface area contributed by atoms with E-state index < -0.39 is 10.8 Å². The molecule has 0 aliphatic rings. The quantitative estimate of drug-likeness (QED) is 0.353. The first-order valence-electron chi connectivity index (χ1n) is 8.05. The number of carbonyl (C=O) groups is 1. The number of nitrogens with one attached hydrogen (secondary N) is 2. The third-order valence-electron chi connectivity index (χ3n) is 3.80. The van der Waals surface area contributed by atoms with Gasteiger partial charge in [-0.25, -0.2) is 5.43 Å². The van der Waals surface area contributed by atoms with Crippen LogP contribution in [-0.4, -0.2) is 28.7 Å². The lowest BCUT2D eigenvalue weighted by Crippen LogP contribution is -2.25. The predicted molar refractivity (Wildman–Crippen MR) is 103 cm³/mol. The number of nitro benzene ring substituents is 1. The van der Waals surface area contributed by atoms with E-state index in [4.69, 9.17) is 0 Å². The van der Waals surface area contributed by atoms with Crippen LogP contribution >= 0.6 is 0 Å². The van der Waals surface area contributed by atoms with Gasteiger partial charge in [-0.2, -0.15) is 5.10 Å². The van der Waals surface area contributed by atoms with Crippen molar-refractivity contribution in [2.45, 2.75) is 0 Å². The van der Waals surface area contributed by atoms with E-state index in [1.165, 1.54) is 18.2 Å². The van der Waals surface area contributed by atoms with E-state index in [-0.39, 0.29) is 23.5 Å². The fraction of sp³-hybridized carbons (Fsp3) is 0.0526. The fourth-order valence-electron chi connectivity index (χ4n) is 2.51. The Morgan fingerprint density at radius 1 is 1.11 bits per heavy atom. The number of hydrogen-bond acceptors (Lipinski definition) is 6. The molecule has 3 N–H and O–H groups in total. The summed E-state index contributed by atoms with van der Waals surface area (Å²) in [5.74, 6) is -0.548. The van der Waals surface area contributed by atoms with Crippen LogP contribution in [0.3, 0.4) is 0 Å². The third-order valence-corrected chi connectivity index (χ3v) is 3.80. The molecule has 0 unspecified atom stereocenters. The molecule has 3 aromatic carbocycles. The molecule has 3 aromatic rings. The molecule has 3 rings (SSSR count). The molecular formula is C19H16N4O4. The molecule has 27 heavy (non-hydrogen) atoms. The van der Waals surface area contributed by atoms with Crippen LogP contribution in [0.1, 0.15) is 5.56 Å². The minimum Gasteiger partial charge on any atom is -0.508 e.